The molecule has 0 bridgehead atoms. The number of thiazole rings is 1. The van der Waals surface area contributed by atoms with E-state index in [-0.39, 0.29) is 5.78 Å². The molecule has 0 fully saturated rings. The van der Waals surface area contributed by atoms with E-state index in [1.807, 2.05) is 28.2 Å². The molecule has 0 unspecified atom stereocenters. The molecule has 3 rings (SSSR count). The van der Waals surface area contributed by atoms with Crippen molar-refractivity contribution in [2.24, 2.45) is 0 Å². The number of Topliss-reactive ketones (excluding diaryl/α,β-unsaturated/α-hetero) is 1. The van der Waals surface area contributed by atoms with E-state index in [9.17, 15) is 4.79 Å². The Bertz CT molecular complexity index is 741. The first-order chi connectivity index (χ1) is 9.61. The molecule has 0 saturated carbocycles. The van der Waals surface area contributed by atoms with Crippen LogP contribution in [-0.2, 0) is 17.6 Å². The fraction of sp³-hybridized carbons (Fsp3) is 0.250. The molecule has 20 heavy (non-hydrogen) atoms. The minimum atomic E-state index is 0.207. The fourth-order valence-electron chi connectivity index (χ4n) is 2.27. The molecular formula is C16H16N2OS. The molecule has 0 aliphatic heterocycles. The van der Waals surface area contributed by atoms with E-state index < -0.39 is 0 Å². The van der Waals surface area contributed by atoms with Crippen LogP contribution in [0.1, 0.15) is 22.4 Å². The fourth-order valence-corrected chi connectivity index (χ4v) is 2.99. The summed E-state index contributed by atoms with van der Waals surface area (Å²) in [5.41, 5.74) is 4.43. The van der Waals surface area contributed by atoms with Gasteiger partial charge in [-0.2, -0.15) is 0 Å². The van der Waals surface area contributed by atoms with Crippen molar-refractivity contribution in [3.8, 4) is 0 Å². The van der Waals surface area contributed by atoms with E-state index >= 15 is 0 Å². The molecule has 3 aromatic rings. The van der Waals surface area contributed by atoms with E-state index in [4.69, 9.17) is 0 Å². The average molecular weight is 284 g/mol. The van der Waals surface area contributed by atoms with Crippen molar-refractivity contribution >= 4 is 22.1 Å². The van der Waals surface area contributed by atoms with E-state index in [1.165, 1.54) is 11.1 Å². The Kier molecular flexibility index (Phi) is 3.40. The van der Waals surface area contributed by atoms with Gasteiger partial charge in [-0.1, -0.05) is 18.2 Å². The Labute approximate surface area is 121 Å². The number of imidazole rings is 1. The topological polar surface area (TPSA) is 34.4 Å². The summed E-state index contributed by atoms with van der Waals surface area (Å²) in [4.78, 5) is 17.5. The predicted octanol–water partition coefficient (Wildman–Crippen LogP) is 3.37. The van der Waals surface area contributed by atoms with Gasteiger partial charge >= 0.3 is 0 Å². The maximum atomic E-state index is 12.1. The van der Waals surface area contributed by atoms with Crippen LogP contribution in [-0.4, -0.2) is 15.2 Å². The Balaban J connectivity index is 1.70. The van der Waals surface area contributed by atoms with Crippen molar-refractivity contribution in [1.29, 1.82) is 0 Å². The van der Waals surface area contributed by atoms with Gasteiger partial charge in [-0.05, 0) is 30.5 Å². The summed E-state index contributed by atoms with van der Waals surface area (Å²) in [5, 5.41) is 1.99. The minimum Gasteiger partial charge on any atom is -0.299 e. The summed E-state index contributed by atoms with van der Waals surface area (Å²) in [6.45, 7) is 4.16. The van der Waals surface area contributed by atoms with Crippen molar-refractivity contribution in [2.75, 3.05) is 0 Å². The van der Waals surface area contributed by atoms with Crippen molar-refractivity contribution in [3.05, 3.63) is 58.4 Å². The van der Waals surface area contributed by atoms with Gasteiger partial charge in [0.25, 0.3) is 0 Å². The van der Waals surface area contributed by atoms with Crippen molar-refractivity contribution in [2.45, 2.75) is 26.7 Å². The first-order valence-corrected chi connectivity index (χ1v) is 7.49. The highest BCUT2D eigenvalue weighted by Crippen LogP contribution is 2.14. The molecule has 0 saturated heterocycles. The number of ketones is 1. The second kappa shape index (κ2) is 5.21. The van der Waals surface area contributed by atoms with Gasteiger partial charge in [-0.3, -0.25) is 9.20 Å². The number of rotatable bonds is 4. The average Bonchev–Trinajstić information content (AvgIpc) is 2.94. The molecule has 0 amide bonds. The lowest BCUT2D eigenvalue weighted by Crippen LogP contribution is -2.07. The molecule has 0 N–H and O–H groups in total. The number of aryl methyl sites for hydroxylation is 2. The van der Waals surface area contributed by atoms with Crippen LogP contribution in [0.2, 0.25) is 0 Å². The second-order valence-electron chi connectivity index (χ2n) is 5.14. The van der Waals surface area contributed by atoms with Gasteiger partial charge in [0.1, 0.15) is 5.78 Å². The monoisotopic (exact) mass is 284 g/mol. The van der Waals surface area contributed by atoms with Crippen molar-refractivity contribution in [3.63, 3.8) is 0 Å². The molecular weight excluding hydrogens is 268 g/mol. The lowest BCUT2D eigenvalue weighted by Gasteiger charge is -2.04. The smallest absolute Gasteiger partial charge is 0.193 e. The Morgan fingerprint density at radius 1 is 1.25 bits per heavy atom. The largest absolute Gasteiger partial charge is 0.299 e. The van der Waals surface area contributed by atoms with Crippen LogP contribution in [0.4, 0.5) is 0 Å². The molecule has 0 aliphatic rings. The zero-order valence-corrected chi connectivity index (χ0v) is 12.4. The van der Waals surface area contributed by atoms with Crippen LogP contribution < -0.4 is 0 Å². The number of aromatic nitrogens is 2. The molecule has 0 radical (unpaired) electrons. The van der Waals surface area contributed by atoms with Gasteiger partial charge in [0.15, 0.2) is 4.96 Å². The second-order valence-corrected chi connectivity index (χ2v) is 6.01. The van der Waals surface area contributed by atoms with Crippen LogP contribution in [0.15, 0.2) is 36.0 Å². The molecule has 102 valence electrons. The van der Waals surface area contributed by atoms with Gasteiger partial charge < -0.3 is 0 Å². The SMILES string of the molecule is Cc1ccc(CC(=O)Cc2cn3ccsc3n2)cc1C. The summed E-state index contributed by atoms with van der Waals surface area (Å²) in [5.74, 6) is 0.207. The van der Waals surface area contributed by atoms with Crippen LogP contribution in [0.25, 0.3) is 4.96 Å². The van der Waals surface area contributed by atoms with Gasteiger partial charge in [0.2, 0.25) is 0 Å². The summed E-state index contributed by atoms with van der Waals surface area (Å²) in [6.07, 6.45) is 4.78. The highest BCUT2D eigenvalue weighted by molar-refractivity contribution is 7.15. The Morgan fingerprint density at radius 3 is 2.85 bits per heavy atom. The highest BCUT2D eigenvalue weighted by Gasteiger charge is 2.09. The van der Waals surface area contributed by atoms with E-state index in [0.717, 1.165) is 16.2 Å². The van der Waals surface area contributed by atoms with Crippen molar-refractivity contribution < 1.29 is 4.79 Å². The Morgan fingerprint density at radius 2 is 2.10 bits per heavy atom. The molecule has 2 aromatic heterocycles. The summed E-state index contributed by atoms with van der Waals surface area (Å²) in [7, 11) is 0. The van der Waals surface area contributed by atoms with Gasteiger partial charge in [-0.15, -0.1) is 11.3 Å². The summed E-state index contributed by atoms with van der Waals surface area (Å²) >= 11 is 1.58. The molecule has 1 aromatic carbocycles. The first kappa shape index (κ1) is 13.1. The number of benzene rings is 1. The van der Waals surface area contributed by atoms with E-state index in [2.05, 4.69) is 31.0 Å². The standard InChI is InChI=1S/C16H16N2OS/c1-11-3-4-13(7-12(11)2)8-15(19)9-14-10-18-5-6-20-16(18)17-14/h3-7,10H,8-9H2,1-2H3. The van der Waals surface area contributed by atoms with Crippen LogP contribution in [0, 0.1) is 13.8 Å². The third-order valence-electron chi connectivity index (χ3n) is 3.49. The molecule has 3 nitrogen and oxygen atoms in total. The number of carbonyl (C=O) groups is 1. The Hall–Kier alpha value is -1.94. The number of carbonyl (C=O) groups excluding carboxylic acids is 1. The van der Waals surface area contributed by atoms with Crippen molar-refractivity contribution in [1.82, 2.24) is 9.38 Å². The number of hydrogen-bond donors (Lipinski definition) is 0. The first-order valence-electron chi connectivity index (χ1n) is 6.61. The van der Waals surface area contributed by atoms with Crippen LogP contribution >= 0.6 is 11.3 Å². The maximum Gasteiger partial charge on any atom is 0.193 e. The highest BCUT2D eigenvalue weighted by atomic mass is 32.1. The summed E-state index contributed by atoms with van der Waals surface area (Å²) < 4.78 is 1.96. The van der Waals surface area contributed by atoms with Gasteiger partial charge in [-0.25, -0.2) is 4.98 Å². The molecule has 0 spiro atoms. The quantitative estimate of drug-likeness (QED) is 0.736. The molecule has 0 aliphatic carbocycles. The lowest BCUT2D eigenvalue weighted by molar-refractivity contribution is -0.117. The van der Waals surface area contributed by atoms with Gasteiger partial charge in [0.05, 0.1) is 12.1 Å². The predicted molar refractivity (Wildman–Crippen MR) is 81.4 cm³/mol. The number of nitrogens with zero attached hydrogens (tertiary/aromatic N) is 2. The van der Waals surface area contributed by atoms with E-state index in [1.54, 1.807) is 11.3 Å². The third kappa shape index (κ3) is 2.65. The summed E-state index contributed by atoms with van der Waals surface area (Å²) in [6, 6.07) is 6.20. The number of hydrogen-bond acceptors (Lipinski definition) is 3. The molecule has 0 atom stereocenters. The van der Waals surface area contributed by atoms with Crippen LogP contribution in [0.5, 0.6) is 0 Å². The zero-order chi connectivity index (χ0) is 14.1. The minimum absolute atomic E-state index is 0.207. The maximum absolute atomic E-state index is 12.1. The van der Waals surface area contributed by atoms with Crippen LogP contribution in [0.3, 0.4) is 0 Å². The van der Waals surface area contributed by atoms with Gasteiger partial charge in [0, 0.05) is 24.2 Å². The number of fused-ring (bicyclic) bond motifs is 1. The molecule has 4 heteroatoms. The lowest BCUT2D eigenvalue weighted by atomic mass is 10.0. The third-order valence-corrected chi connectivity index (χ3v) is 4.26. The zero-order valence-electron chi connectivity index (χ0n) is 11.6. The van der Waals surface area contributed by atoms with E-state index in [0.29, 0.717) is 12.8 Å². The molecule has 2 heterocycles. The normalized spacial score (nSPS) is 11.1.